The molecule has 6 nitrogen and oxygen atoms in total. The Morgan fingerprint density at radius 1 is 1.00 bits per heavy atom. The lowest BCUT2D eigenvalue weighted by Gasteiger charge is -2.07. The number of nitrogens with one attached hydrogen (secondary N) is 2. The summed E-state index contributed by atoms with van der Waals surface area (Å²) in [6.07, 6.45) is 1.72. The summed E-state index contributed by atoms with van der Waals surface area (Å²) in [5, 5.41) is 9.72. The molecule has 0 aliphatic carbocycles. The Balaban J connectivity index is 1.52. The minimum atomic E-state index is -0.177. The number of benzene rings is 3. The number of nitrogens with zero attached hydrogens (tertiary/aromatic N) is 3. The molecule has 0 unspecified atom stereocenters. The van der Waals surface area contributed by atoms with Crippen molar-refractivity contribution in [3.8, 4) is 5.69 Å². The van der Waals surface area contributed by atoms with E-state index in [4.69, 9.17) is 12.2 Å². The molecule has 150 valence electrons. The molecule has 1 heterocycles. The van der Waals surface area contributed by atoms with Gasteiger partial charge in [0, 0.05) is 12.6 Å². The van der Waals surface area contributed by atoms with Crippen molar-refractivity contribution in [1.82, 2.24) is 14.8 Å². The molecule has 0 spiro atoms. The number of rotatable bonds is 4. The van der Waals surface area contributed by atoms with E-state index in [-0.39, 0.29) is 10.7 Å². The van der Waals surface area contributed by atoms with Crippen molar-refractivity contribution >= 4 is 40.0 Å². The van der Waals surface area contributed by atoms with Crippen LogP contribution in [0.15, 0.2) is 82.7 Å². The molecule has 2 N–H and O–H groups in total. The molecule has 4 aromatic rings. The van der Waals surface area contributed by atoms with E-state index in [2.05, 4.69) is 28.0 Å². The number of aromatic nitrogens is 2. The Kier molecular flexibility index (Phi) is 5.45. The molecule has 0 atom stereocenters. The number of anilines is 1. The topological polar surface area (TPSA) is 63.4 Å². The van der Waals surface area contributed by atoms with Gasteiger partial charge in [-0.2, -0.15) is 5.10 Å². The molecule has 3 aromatic carbocycles. The number of hydrogen-bond acceptors (Lipinski definition) is 3. The van der Waals surface area contributed by atoms with Gasteiger partial charge >= 0.3 is 0 Å². The van der Waals surface area contributed by atoms with Crippen molar-refractivity contribution in [3.63, 3.8) is 0 Å². The van der Waals surface area contributed by atoms with Crippen molar-refractivity contribution in [3.05, 3.63) is 94.4 Å². The first kappa shape index (κ1) is 19.6. The van der Waals surface area contributed by atoms with Gasteiger partial charge in [-0.25, -0.2) is 4.68 Å². The second kappa shape index (κ2) is 8.34. The summed E-state index contributed by atoms with van der Waals surface area (Å²) < 4.78 is 3.39. The zero-order valence-electron chi connectivity index (χ0n) is 16.7. The molecular weight excluding hydrogens is 394 g/mol. The van der Waals surface area contributed by atoms with Crippen LogP contribution < -0.4 is 16.3 Å². The predicted molar refractivity (Wildman–Crippen MR) is 127 cm³/mol. The van der Waals surface area contributed by atoms with Crippen LogP contribution in [0.25, 0.3) is 16.5 Å². The van der Waals surface area contributed by atoms with Crippen molar-refractivity contribution in [2.45, 2.75) is 6.92 Å². The summed E-state index contributed by atoms with van der Waals surface area (Å²) >= 11 is 5.34. The highest BCUT2D eigenvalue weighted by atomic mass is 32.1. The van der Waals surface area contributed by atoms with Gasteiger partial charge in [-0.15, -0.1) is 0 Å². The molecular formula is C23H21N5OS. The molecule has 0 radical (unpaired) electrons. The summed E-state index contributed by atoms with van der Waals surface area (Å²) in [6, 6.07) is 23.6. The minimum absolute atomic E-state index is 0.177. The van der Waals surface area contributed by atoms with E-state index in [9.17, 15) is 4.79 Å². The lowest BCUT2D eigenvalue weighted by molar-refractivity contribution is 0.630. The second-order valence-electron chi connectivity index (χ2n) is 6.83. The lowest BCUT2D eigenvalue weighted by atomic mass is 10.1. The molecule has 0 fully saturated rings. The first-order valence-corrected chi connectivity index (χ1v) is 9.89. The van der Waals surface area contributed by atoms with Crippen LogP contribution in [0.1, 0.15) is 11.3 Å². The smallest absolute Gasteiger partial charge is 0.295 e. The fourth-order valence-corrected chi connectivity index (χ4v) is 3.53. The fourth-order valence-electron chi connectivity index (χ4n) is 3.38. The molecule has 0 bridgehead atoms. The Morgan fingerprint density at radius 2 is 1.70 bits per heavy atom. The van der Waals surface area contributed by atoms with Crippen LogP contribution in [-0.4, -0.2) is 20.7 Å². The molecule has 0 amide bonds. The maximum Gasteiger partial charge on any atom is 0.295 e. The minimum Gasteiger partial charge on any atom is -0.325 e. The zero-order valence-corrected chi connectivity index (χ0v) is 17.5. The van der Waals surface area contributed by atoms with Gasteiger partial charge in [0.15, 0.2) is 5.11 Å². The molecule has 0 aliphatic heterocycles. The number of hydrazone groups is 1. The average molecular weight is 416 g/mol. The molecule has 1 aromatic heterocycles. The van der Waals surface area contributed by atoms with Crippen LogP contribution in [-0.2, 0) is 7.05 Å². The first-order valence-electron chi connectivity index (χ1n) is 9.48. The van der Waals surface area contributed by atoms with Gasteiger partial charge in [0.25, 0.3) is 5.56 Å². The predicted octanol–water partition coefficient (Wildman–Crippen LogP) is 3.96. The number of fused-ring (bicyclic) bond motifs is 1. The van der Waals surface area contributed by atoms with Gasteiger partial charge < -0.3 is 5.32 Å². The average Bonchev–Trinajstić information content (AvgIpc) is 2.97. The van der Waals surface area contributed by atoms with Crippen LogP contribution in [0.4, 0.5) is 5.69 Å². The highest BCUT2D eigenvalue weighted by Crippen LogP contribution is 2.17. The molecule has 7 heteroatoms. The fraction of sp³-hybridized carbons (Fsp3) is 0.0870. The first-order chi connectivity index (χ1) is 14.6. The van der Waals surface area contributed by atoms with Gasteiger partial charge in [0.2, 0.25) is 0 Å². The normalized spacial score (nSPS) is 11.1. The highest BCUT2D eigenvalue weighted by Gasteiger charge is 2.16. The monoisotopic (exact) mass is 415 g/mol. The Bertz CT molecular complexity index is 1300. The second-order valence-corrected chi connectivity index (χ2v) is 7.24. The summed E-state index contributed by atoms with van der Waals surface area (Å²) in [7, 11) is 1.84. The summed E-state index contributed by atoms with van der Waals surface area (Å²) in [5.41, 5.74) is 5.57. The maximum atomic E-state index is 12.9. The third kappa shape index (κ3) is 3.75. The van der Waals surface area contributed by atoms with Gasteiger partial charge in [-0.1, -0.05) is 60.7 Å². The van der Waals surface area contributed by atoms with Gasteiger partial charge in [0.1, 0.15) is 5.69 Å². The van der Waals surface area contributed by atoms with E-state index < -0.39 is 0 Å². The third-order valence-electron chi connectivity index (χ3n) is 4.99. The van der Waals surface area contributed by atoms with Crippen LogP contribution in [0.2, 0.25) is 0 Å². The Morgan fingerprint density at radius 3 is 2.50 bits per heavy atom. The SMILES string of the molecule is Cc1c(NC(=S)N/N=C\c2cccc3ccccc23)c(=O)n(-c2ccccc2)n1C. The van der Waals surface area contributed by atoms with Gasteiger partial charge in [0.05, 0.1) is 17.6 Å². The summed E-state index contributed by atoms with van der Waals surface area (Å²) in [4.78, 5) is 12.9. The zero-order chi connectivity index (χ0) is 21.1. The van der Waals surface area contributed by atoms with Crippen molar-refractivity contribution in [1.29, 1.82) is 0 Å². The van der Waals surface area contributed by atoms with Gasteiger partial charge in [-0.3, -0.25) is 14.9 Å². The third-order valence-corrected chi connectivity index (χ3v) is 5.18. The maximum absolute atomic E-state index is 12.9. The van der Waals surface area contributed by atoms with Crippen molar-refractivity contribution in [2.24, 2.45) is 12.1 Å². The number of para-hydroxylation sites is 1. The molecule has 0 aliphatic rings. The Labute approximate surface area is 179 Å². The molecule has 0 saturated heterocycles. The quantitative estimate of drug-likeness (QED) is 0.301. The van der Waals surface area contributed by atoms with Crippen molar-refractivity contribution < 1.29 is 0 Å². The number of thiocarbonyl (C=S) groups is 1. The largest absolute Gasteiger partial charge is 0.325 e. The van der Waals surface area contributed by atoms with Crippen LogP contribution >= 0.6 is 12.2 Å². The highest BCUT2D eigenvalue weighted by molar-refractivity contribution is 7.80. The summed E-state index contributed by atoms with van der Waals surface area (Å²) in [5.74, 6) is 0. The van der Waals surface area contributed by atoms with Crippen LogP contribution in [0, 0.1) is 6.92 Å². The van der Waals surface area contributed by atoms with E-state index in [1.54, 1.807) is 15.6 Å². The van der Waals surface area contributed by atoms with E-state index in [1.807, 2.05) is 74.6 Å². The summed E-state index contributed by atoms with van der Waals surface area (Å²) in [6.45, 7) is 1.87. The van der Waals surface area contributed by atoms with E-state index in [0.29, 0.717) is 5.69 Å². The number of hydrogen-bond donors (Lipinski definition) is 2. The Hall–Kier alpha value is -3.71. The van der Waals surface area contributed by atoms with Crippen LogP contribution in [0.5, 0.6) is 0 Å². The standard InChI is InChI=1S/C23H21N5OS/c1-16-21(22(29)28(27(16)2)19-12-4-3-5-13-19)25-23(30)26-24-15-18-11-8-10-17-9-6-7-14-20(17)18/h3-15H,1-2H3,(H2,25,26,30)/b24-15-. The lowest BCUT2D eigenvalue weighted by Crippen LogP contribution is -2.28. The van der Waals surface area contributed by atoms with Crippen molar-refractivity contribution in [2.75, 3.05) is 5.32 Å². The van der Waals surface area contributed by atoms with Crippen LogP contribution in [0.3, 0.4) is 0 Å². The molecule has 4 rings (SSSR count). The molecule has 0 saturated carbocycles. The van der Waals surface area contributed by atoms with E-state index in [0.717, 1.165) is 27.7 Å². The molecule has 30 heavy (non-hydrogen) atoms. The van der Waals surface area contributed by atoms with Gasteiger partial charge in [-0.05, 0) is 42.0 Å². The van der Waals surface area contributed by atoms with E-state index in [1.165, 1.54) is 0 Å². The van der Waals surface area contributed by atoms with E-state index >= 15 is 0 Å².